The summed E-state index contributed by atoms with van der Waals surface area (Å²) >= 11 is 0. The number of hydrogen-bond acceptors (Lipinski definition) is 2. The molecule has 21 heavy (non-hydrogen) atoms. The van der Waals surface area contributed by atoms with Gasteiger partial charge in [0.05, 0.1) is 0 Å². The summed E-state index contributed by atoms with van der Waals surface area (Å²) in [7, 11) is 0. The summed E-state index contributed by atoms with van der Waals surface area (Å²) in [4.78, 5) is 14.0. The molecule has 1 aromatic rings. The van der Waals surface area contributed by atoms with E-state index in [1.807, 2.05) is 37.8 Å². The molecular weight excluding hydrogens is 262 g/mol. The molecule has 0 radical (unpaired) electrons. The van der Waals surface area contributed by atoms with Crippen molar-refractivity contribution in [3.8, 4) is 5.75 Å². The van der Waals surface area contributed by atoms with E-state index in [1.54, 1.807) is 0 Å². The molecule has 0 N–H and O–H groups in total. The number of piperidine rings is 1. The van der Waals surface area contributed by atoms with Crippen LogP contribution in [0.15, 0.2) is 18.2 Å². The Kier molecular flexibility index (Phi) is 7.27. The van der Waals surface area contributed by atoms with Crippen molar-refractivity contribution in [3.63, 3.8) is 0 Å². The molecule has 1 saturated heterocycles. The molecule has 0 unspecified atom stereocenters. The number of carbonyl (C=O) groups is 1. The number of carbonyl (C=O) groups excluding carboxylic acids is 1. The second kappa shape index (κ2) is 8.71. The van der Waals surface area contributed by atoms with Gasteiger partial charge in [0.1, 0.15) is 5.75 Å². The first kappa shape index (κ1) is 17.5. The fourth-order valence-corrected chi connectivity index (χ4v) is 2.37. The molecule has 3 nitrogen and oxygen atoms in total. The number of aryl methyl sites for hydroxylation is 1. The zero-order valence-corrected chi connectivity index (χ0v) is 14.1. The predicted octanol–water partition coefficient (Wildman–Crippen LogP) is 3.97. The van der Waals surface area contributed by atoms with Crippen LogP contribution >= 0.6 is 0 Å². The third-order valence-electron chi connectivity index (χ3n) is 4.04. The van der Waals surface area contributed by atoms with Gasteiger partial charge < -0.3 is 9.64 Å². The van der Waals surface area contributed by atoms with Gasteiger partial charge in [-0.3, -0.25) is 4.79 Å². The third-order valence-corrected chi connectivity index (χ3v) is 4.04. The van der Waals surface area contributed by atoms with E-state index in [1.165, 1.54) is 5.56 Å². The normalized spacial score (nSPS) is 15.2. The molecule has 1 heterocycles. The maximum atomic E-state index is 12.1. The molecule has 2 rings (SSSR count). The van der Waals surface area contributed by atoms with Crippen molar-refractivity contribution >= 4 is 5.91 Å². The third kappa shape index (κ3) is 5.07. The summed E-state index contributed by atoms with van der Waals surface area (Å²) in [6.07, 6.45) is 2.21. The fraction of sp³-hybridized carbons (Fsp3) is 0.611. The van der Waals surface area contributed by atoms with E-state index in [-0.39, 0.29) is 12.5 Å². The van der Waals surface area contributed by atoms with Gasteiger partial charge in [-0.1, -0.05) is 32.9 Å². The molecule has 3 heteroatoms. The Hall–Kier alpha value is -1.51. The quantitative estimate of drug-likeness (QED) is 0.843. The Morgan fingerprint density at radius 2 is 1.86 bits per heavy atom. The minimum Gasteiger partial charge on any atom is -0.483 e. The summed E-state index contributed by atoms with van der Waals surface area (Å²) in [6, 6.07) is 5.94. The van der Waals surface area contributed by atoms with Crippen molar-refractivity contribution in [2.75, 3.05) is 19.7 Å². The van der Waals surface area contributed by atoms with Gasteiger partial charge >= 0.3 is 0 Å². The van der Waals surface area contributed by atoms with Crippen LogP contribution in [-0.4, -0.2) is 30.5 Å². The van der Waals surface area contributed by atoms with Gasteiger partial charge in [-0.2, -0.15) is 0 Å². The molecule has 0 atom stereocenters. The van der Waals surface area contributed by atoms with E-state index in [9.17, 15) is 4.79 Å². The van der Waals surface area contributed by atoms with E-state index in [4.69, 9.17) is 4.74 Å². The molecule has 1 aromatic carbocycles. The number of hydrogen-bond donors (Lipinski definition) is 0. The average Bonchev–Trinajstić information content (AvgIpc) is 2.51. The highest BCUT2D eigenvalue weighted by Gasteiger charge is 2.20. The summed E-state index contributed by atoms with van der Waals surface area (Å²) in [5.74, 6) is 1.66. The Labute approximate surface area is 129 Å². The molecule has 0 aromatic heterocycles. The van der Waals surface area contributed by atoms with E-state index >= 15 is 0 Å². The highest BCUT2D eigenvalue weighted by atomic mass is 16.5. The number of nitrogens with zero attached hydrogens (tertiary/aromatic N) is 1. The summed E-state index contributed by atoms with van der Waals surface area (Å²) in [5.41, 5.74) is 2.30. The zero-order chi connectivity index (χ0) is 15.8. The first-order valence-electron chi connectivity index (χ1n) is 8.04. The van der Waals surface area contributed by atoms with E-state index in [0.717, 1.165) is 43.2 Å². The number of amides is 1. The second-order valence-electron chi connectivity index (χ2n) is 5.55. The SMILES string of the molecule is CC.Cc1cccc(OCC(=O)N2CCC(C)CC2)c1C. The van der Waals surface area contributed by atoms with Gasteiger partial charge in [0.25, 0.3) is 5.91 Å². The Bertz CT molecular complexity index is 449. The molecule has 0 bridgehead atoms. The summed E-state index contributed by atoms with van der Waals surface area (Å²) in [6.45, 7) is 12.2. The molecule has 0 spiro atoms. The Balaban J connectivity index is 0.00000106. The minimum absolute atomic E-state index is 0.104. The highest BCUT2D eigenvalue weighted by molar-refractivity contribution is 5.77. The maximum Gasteiger partial charge on any atom is 0.260 e. The van der Waals surface area contributed by atoms with E-state index in [0.29, 0.717) is 0 Å². The van der Waals surface area contributed by atoms with Gasteiger partial charge in [0.2, 0.25) is 0 Å². The van der Waals surface area contributed by atoms with Crippen LogP contribution in [0.4, 0.5) is 0 Å². The van der Waals surface area contributed by atoms with Crippen molar-refractivity contribution in [1.29, 1.82) is 0 Å². The molecule has 1 fully saturated rings. The van der Waals surface area contributed by atoms with Crippen LogP contribution in [0.5, 0.6) is 5.75 Å². The minimum atomic E-state index is 0.104. The summed E-state index contributed by atoms with van der Waals surface area (Å²) < 4.78 is 5.67. The lowest BCUT2D eigenvalue weighted by atomic mass is 9.99. The molecule has 1 aliphatic heterocycles. The van der Waals surface area contributed by atoms with Crippen LogP contribution in [0.2, 0.25) is 0 Å². The molecule has 1 aliphatic rings. The van der Waals surface area contributed by atoms with E-state index < -0.39 is 0 Å². The number of ether oxygens (including phenoxy) is 1. The molecule has 1 amide bonds. The van der Waals surface area contributed by atoms with Gasteiger partial charge in [-0.15, -0.1) is 0 Å². The van der Waals surface area contributed by atoms with Crippen molar-refractivity contribution in [3.05, 3.63) is 29.3 Å². The van der Waals surface area contributed by atoms with Gasteiger partial charge in [-0.25, -0.2) is 0 Å². The monoisotopic (exact) mass is 291 g/mol. The molecule has 0 aliphatic carbocycles. The second-order valence-corrected chi connectivity index (χ2v) is 5.55. The lowest BCUT2D eigenvalue weighted by Crippen LogP contribution is -2.40. The first-order chi connectivity index (χ1) is 10.1. The van der Waals surface area contributed by atoms with Gasteiger partial charge in [-0.05, 0) is 49.8 Å². The predicted molar refractivity (Wildman–Crippen MR) is 87.7 cm³/mol. The Morgan fingerprint density at radius 3 is 2.48 bits per heavy atom. The molecule has 118 valence electrons. The Morgan fingerprint density at radius 1 is 1.24 bits per heavy atom. The number of benzene rings is 1. The first-order valence-corrected chi connectivity index (χ1v) is 8.04. The van der Waals surface area contributed by atoms with Gasteiger partial charge in [0, 0.05) is 13.1 Å². The van der Waals surface area contributed by atoms with Gasteiger partial charge in [0.15, 0.2) is 6.61 Å². The summed E-state index contributed by atoms with van der Waals surface area (Å²) in [5, 5.41) is 0. The number of rotatable bonds is 3. The molecular formula is C18H29NO2. The fourth-order valence-electron chi connectivity index (χ4n) is 2.37. The van der Waals surface area contributed by atoms with Crippen molar-refractivity contribution < 1.29 is 9.53 Å². The van der Waals surface area contributed by atoms with Crippen LogP contribution < -0.4 is 4.74 Å². The van der Waals surface area contributed by atoms with Crippen LogP contribution in [0.25, 0.3) is 0 Å². The largest absolute Gasteiger partial charge is 0.483 e. The lowest BCUT2D eigenvalue weighted by molar-refractivity contribution is -0.134. The van der Waals surface area contributed by atoms with Crippen molar-refractivity contribution in [1.82, 2.24) is 4.90 Å². The maximum absolute atomic E-state index is 12.1. The van der Waals surface area contributed by atoms with E-state index in [2.05, 4.69) is 19.9 Å². The lowest BCUT2D eigenvalue weighted by Gasteiger charge is -2.30. The van der Waals surface area contributed by atoms with Crippen molar-refractivity contribution in [2.24, 2.45) is 5.92 Å². The number of likely N-dealkylation sites (tertiary alicyclic amines) is 1. The smallest absolute Gasteiger partial charge is 0.260 e. The average molecular weight is 291 g/mol. The van der Waals surface area contributed by atoms with Crippen LogP contribution in [-0.2, 0) is 4.79 Å². The van der Waals surface area contributed by atoms with Crippen LogP contribution in [0, 0.1) is 19.8 Å². The standard InChI is InChI=1S/C16H23NO2.C2H6/c1-12-7-9-17(10-8-12)16(18)11-19-15-6-4-5-13(2)14(15)3;1-2/h4-6,12H,7-11H2,1-3H3;1-2H3. The topological polar surface area (TPSA) is 29.5 Å². The zero-order valence-electron chi connectivity index (χ0n) is 14.1. The van der Waals surface area contributed by atoms with Crippen LogP contribution in [0.1, 0.15) is 44.7 Å². The highest BCUT2D eigenvalue weighted by Crippen LogP contribution is 2.21. The molecule has 0 saturated carbocycles. The van der Waals surface area contributed by atoms with Crippen molar-refractivity contribution in [2.45, 2.75) is 47.5 Å². The van der Waals surface area contributed by atoms with Crippen LogP contribution in [0.3, 0.4) is 0 Å².